The SMILES string of the molecule is O=C1OCC(C23CC2OC(=O)O3)O1. The number of rotatable bonds is 1. The number of hydrogen-bond donors (Lipinski definition) is 0. The van der Waals surface area contributed by atoms with Crippen LogP contribution in [0.25, 0.3) is 0 Å². The molecule has 6 nitrogen and oxygen atoms in total. The lowest BCUT2D eigenvalue weighted by atomic mass is 10.2. The molecule has 0 aromatic rings. The number of cyclic esters (lactones) is 2. The van der Waals surface area contributed by atoms with E-state index in [-0.39, 0.29) is 12.7 Å². The quantitative estimate of drug-likeness (QED) is 0.544. The van der Waals surface area contributed by atoms with Crippen molar-refractivity contribution in [3.63, 3.8) is 0 Å². The van der Waals surface area contributed by atoms with E-state index in [2.05, 4.69) is 4.74 Å². The van der Waals surface area contributed by atoms with Crippen molar-refractivity contribution in [1.82, 2.24) is 0 Å². The molecule has 2 saturated heterocycles. The van der Waals surface area contributed by atoms with Crippen molar-refractivity contribution >= 4 is 12.3 Å². The molecule has 0 radical (unpaired) electrons. The van der Waals surface area contributed by atoms with Crippen molar-refractivity contribution in [2.45, 2.75) is 24.2 Å². The Morgan fingerprint density at radius 1 is 1.15 bits per heavy atom. The zero-order valence-corrected chi connectivity index (χ0v) is 6.52. The summed E-state index contributed by atoms with van der Waals surface area (Å²) in [7, 11) is 0. The van der Waals surface area contributed by atoms with Gasteiger partial charge in [0.25, 0.3) is 0 Å². The summed E-state index contributed by atoms with van der Waals surface area (Å²) in [6, 6.07) is 0. The highest BCUT2D eigenvalue weighted by atomic mass is 16.8. The molecule has 0 aromatic carbocycles. The molecule has 3 unspecified atom stereocenters. The van der Waals surface area contributed by atoms with Crippen molar-refractivity contribution in [3.05, 3.63) is 0 Å². The van der Waals surface area contributed by atoms with Gasteiger partial charge >= 0.3 is 12.3 Å². The summed E-state index contributed by atoms with van der Waals surface area (Å²) >= 11 is 0. The van der Waals surface area contributed by atoms with Crippen molar-refractivity contribution in [1.29, 1.82) is 0 Å². The fourth-order valence-corrected chi connectivity index (χ4v) is 1.75. The van der Waals surface area contributed by atoms with Crippen LogP contribution in [-0.2, 0) is 18.9 Å². The molecular weight excluding hydrogens is 180 g/mol. The van der Waals surface area contributed by atoms with Crippen LogP contribution in [0.4, 0.5) is 9.59 Å². The average molecular weight is 186 g/mol. The minimum Gasteiger partial charge on any atom is -0.430 e. The second-order valence-electron chi connectivity index (χ2n) is 3.29. The third-order valence-corrected chi connectivity index (χ3v) is 2.54. The predicted molar refractivity (Wildman–Crippen MR) is 34.9 cm³/mol. The highest BCUT2D eigenvalue weighted by molar-refractivity contribution is 5.67. The highest BCUT2D eigenvalue weighted by Gasteiger charge is 2.73. The van der Waals surface area contributed by atoms with Crippen molar-refractivity contribution in [3.8, 4) is 0 Å². The van der Waals surface area contributed by atoms with E-state index in [4.69, 9.17) is 14.2 Å². The van der Waals surface area contributed by atoms with Gasteiger partial charge < -0.3 is 18.9 Å². The second kappa shape index (κ2) is 1.89. The van der Waals surface area contributed by atoms with E-state index in [1.807, 2.05) is 0 Å². The van der Waals surface area contributed by atoms with Gasteiger partial charge in [-0.1, -0.05) is 0 Å². The third-order valence-electron chi connectivity index (χ3n) is 2.54. The Balaban J connectivity index is 1.79. The summed E-state index contributed by atoms with van der Waals surface area (Å²) in [6.07, 6.45) is -1.59. The van der Waals surface area contributed by atoms with Gasteiger partial charge in [0, 0.05) is 6.42 Å². The smallest absolute Gasteiger partial charge is 0.430 e. The fourth-order valence-electron chi connectivity index (χ4n) is 1.75. The summed E-state index contributed by atoms with van der Waals surface area (Å²) in [5.74, 6) is 0. The molecule has 3 aliphatic rings. The molecule has 2 aliphatic heterocycles. The second-order valence-corrected chi connectivity index (χ2v) is 3.29. The summed E-state index contributed by atoms with van der Waals surface area (Å²) in [5.41, 5.74) is -0.747. The Labute approximate surface area is 72.7 Å². The van der Waals surface area contributed by atoms with Crippen LogP contribution in [0.5, 0.6) is 0 Å². The Morgan fingerprint density at radius 2 is 1.92 bits per heavy atom. The van der Waals surface area contributed by atoms with Crippen LogP contribution in [0.2, 0.25) is 0 Å². The third kappa shape index (κ3) is 0.773. The number of carbonyl (C=O) groups is 2. The first-order chi connectivity index (χ1) is 6.21. The van der Waals surface area contributed by atoms with Crippen molar-refractivity contribution < 1.29 is 28.5 Å². The Hall–Kier alpha value is -1.46. The zero-order chi connectivity index (χ0) is 9.05. The Bertz CT molecular complexity index is 299. The zero-order valence-electron chi connectivity index (χ0n) is 6.52. The van der Waals surface area contributed by atoms with Gasteiger partial charge in [0.05, 0.1) is 0 Å². The summed E-state index contributed by atoms with van der Waals surface area (Å²) in [6.45, 7) is 0.131. The maximum absolute atomic E-state index is 10.7. The molecule has 0 bridgehead atoms. The Morgan fingerprint density at radius 3 is 2.46 bits per heavy atom. The van der Waals surface area contributed by atoms with Gasteiger partial charge in [-0.3, -0.25) is 0 Å². The molecule has 13 heavy (non-hydrogen) atoms. The van der Waals surface area contributed by atoms with Gasteiger partial charge in [0.15, 0.2) is 17.8 Å². The fraction of sp³-hybridized carbons (Fsp3) is 0.714. The minimum atomic E-state index is -0.747. The predicted octanol–water partition coefficient (Wildman–Crippen LogP) is 0.200. The molecule has 0 aromatic heterocycles. The monoisotopic (exact) mass is 186 g/mol. The highest BCUT2D eigenvalue weighted by Crippen LogP contribution is 2.52. The van der Waals surface area contributed by atoms with E-state index < -0.39 is 24.0 Å². The lowest BCUT2D eigenvalue weighted by Gasteiger charge is -2.13. The first-order valence-corrected chi connectivity index (χ1v) is 3.94. The summed E-state index contributed by atoms with van der Waals surface area (Å²) < 4.78 is 19.1. The molecule has 0 spiro atoms. The first kappa shape index (κ1) is 6.99. The molecule has 1 aliphatic carbocycles. The minimum absolute atomic E-state index is 0.131. The van der Waals surface area contributed by atoms with Crippen LogP contribution in [-0.4, -0.2) is 36.7 Å². The summed E-state index contributed by atoms with van der Waals surface area (Å²) in [5, 5.41) is 0. The Kier molecular flexibility index (Phi) is 1.02. The number of ether oxygens (including phenoxy) is 4. The number of fused-ring (bicyclic) bond motifs is 1. The molecule has 3 atom stereocenters. The van der Waals surface area contributed by atoms with Crippen LogP contribution in [0.1, 0.15) is 6.42 Å². The van der Waals surface area contributed by atoms with Gasteiger partial charge in [0.1, 0.15) is 6.61 Å². The standard InChI is InChI=1S/C7H6O6/c8-5-10-2-4(12-5)7-1-3(7)11-6(9)13-7/h3-4H,1-2H2. The van der Waals surface area contributed by atoms with Crippen LogP contribution >= 0.6 is 0 Å². The van der Waals surface area contributed by atoms with Crippen LogP contribution in [0, 0.1) is 0 Å². The van der Waals surface area contributed by atoms with Crippen LogP contribution in [0.3, 0.4) is 0 Å². The van der Waals surface area contributed by atoms with Gasteiger partial charge in [-0.2, -0.15) is 0 Å². The van der Waals surface area contributed by atoms with E-state index in [9.17, 15) is 9.59 Å². The lowest BCUT2D eigenvalue weighted by Crippen LogP contribution is -2.33. The average Bonchev–Trinajstić information content (AvgIpc) is 2.46. The van der Waals surface area contributed by atoms with Gasteiger partial charge in [-0.15, -0.1) is 0 Å². The van der Waals surface area contributed by atoms with Crippen molar-refractivity contribution in [2.75, 3.05) is 6.61 Å². The molecule has 6 heteroatoms. The molecule has 0 N–H and O–H groups in total. The molecule has 2 heterocycles. The maximum atomic E-state index is 10.7. The van der Waals surface area contributed by atoms with Crippen molar-refractivity contribution in [2.24, 2.45) is 0 Å². The normalized spacial score (nSPS) is 45.8. The largest absolute Gasteiger partial charge is 0.509 e. The molecule has 3 rings (SSSR count). The molecule has 3 fully saturated rings. The topological polar surface area (TPSA) is 71.1 Å². The molecule has 0 amide bonds. The molecule has 1 saturated carbocycles. The number of hydrogen-bond acceptors (Lipinski definition) is 6. The van der Waals surface area contributed by atoms with E-state index in [0.29, 0.717) is 6.42 Å². The van der Waals surface area contributed by atoms with Crippen LogP contribution in [0.15, 0.2) is 0 Å². The van der Waals surface area contributed by atoms with E-state index in [1.54, 1.807) is 0 Å². The van der Waals surface area contributed by atoms with Gasteiger partial charge in [-0.05, 0) is 0 Å². The van der Waals surface area contributed by atoms with E-state index in [0.717, 1.165) is 0 Å². The molecular formula is C7H6O6. The van der Waals surface area contributed by atoms with E-state index in [1.165, 1.54) is 0 Å². The maximum Gasteiger partial charge on any atom is 0.509 e. The van der Waals surface area contributed by atoms with Crippen LogP contribution < -0.4 is 0 Å². The lowest BCUT2D eigenvalue weighted by molar-refractivity contribution is 0.0101. The first-order valence-electron chi connectivity index (χ1n) is 3.94. The molecule has 70 valence electrons. The summed E-state index contributed by atoms with van der Waals surface area (Å²) in [4.78, 5) is 21.3. The van der Waals surface area contributed by atoms with Gasteiger partial charge in [-0.25, -0.2) is 9.59 Å². The van der Waals surface area contributed by atoms with E-state index >= 15 is 0 Å². The van der Waals surface area contributed by atoms with Gasteiger partial charge in [0.2, 0.25) is 0 Å². The number of carbonyl (C=O) groups excluding carboxylic acids is 2.